The Morgan fingerprint density at radius 2 is 2.35 bits per heavy atom. The lowest BCUT2D eigenvalue weighted by Gasteiger charge is -2.06. The predicted molar refractivity (Wildman–Crippen MR) is 61.5 cm³/mol. The number of H-pyrrole nitrogens is 1. The van der Waals surface area contributed by atoms with E-state index in [9.17, 15) is 10.1 Å². The molecule has 88 valence electrons. The third-order valence-electron chi connectivity index (χ3n) is 2.33. The molecule has 0 fully saturated rings. The number of hydrogen-bond donors (Lipinski definition) is 2. The molecule has 2 N–H and O–H groups in total. The smallest absolute Gasteiger partial charge is 0.295 e. The van der Waals surface area contributed by atoms with Gasteiger partial charge < -0.3 is 5.32 Å². The van der Waals surface area contributed by atoms with E-state index in [1.807, 2.05) is 0 Å². The molecule has 0 spiro atoms. The molecule has 0 saturated heterocycles. The zero-order valence-electron chi connectivity index (χ0n) is 9.17. The second-order valence-corrected chi connectivity index (χ2v) is 3.51. The first-order valence-corrected chi connectivity index (χ1v) is 5.00. The Bertz CT molecular complexity index is 523. The Morgan fingerprint density at radius 3 is 3.00 bits per heavy atom. The van der Waals surface area contributed by atoms with Gasteiger partial charge in [-0.2, -0.15) is 5.10 Å². The van der Waals surface area contributed by atoms with Crippen molar-refractivity contribution in [1.29, 1.82) is 0 Å². The first-order valence-electron chi connectivity index (χ1n) is 5.00. The number of para-hydroxylation sites is 1. The van der Waals surface area contributed by atoms with Crippen molar-refractivity contribution in [2.75, 3.05) is 5.32 Å². The van der Waals surface area contributed by atoms with Crippen LogP contribution in [0.15, 0.2) is 24.5 Å². The summed E-state index contributed by atoms with van der Waals surface area (Å²) in [4.78, 5) is 14.5. The van der Waals surface area contributed by atoms with E-state index in [0.29, 0.717) is 23.6 Å². The van der Waals surface area contributed by atoms with Crippen LogP contribution in [0.3, 0.4) is 0 Å². The highest BCUT2D eigenvalue weighted by Crippen LogP contribution is 2.27. The molecular formula is C10H11N5O2. The highest BCUT2D eigenvalue weighted by atomic mass is 16.6. The molecule has 0 saturated carbocycles. The van der Waals surface area contributed by atoms with Gasteiger partial charge in [0.15, 0.2) is 0 Å². The summed E-state index contributed by atoms with van der Waals surface area (Å²) >= 11 is 0. The highest BCUT2D eigenvalue weighted by Gasteiger charge is 2.16. The largest absolute Gasteiger partial charge is 0.372 e. The minimum atomic E-state index is -0.391. The molecule has 7 heteroatoms. The van der Waals surface area contributed by atoms with E-state index in [-0.39, 0.29) is 5.69 Å². The Morgan fingerprint density at radius 1 is 1.53 bits per heavy atom. The van der Waals surface area contributed by atoms with Crippen LogP contribution in [-0.2, 0) is 6.54 Å². The maximum atomic E-state index is 10.9. The van der Waals surface area contributed by atoms with Crippen LogP contribution in [0.1, 0.15) is 11.4 Å². The normalized spacial score (nSPS) is 10.2. The van der Waals surface area contributed by atoms with Crippen molar-refractivity contribution < 1.29 is 4.92 Å². The van der Waals surface area contributed by atoms with Crippen LogP contribution in [0.2, 0.25) is 0 Å². The maximum absolute atomic E-state index is 10.9. The number of hydrogen-bond acceptors (Lipinski definition) is 5. The number of rotatable bonds is 4. The average Bonchev–Trinajstić information content (AvgIpc) is 2.78. The number of aromatic nitrogens is 3. The standard InChI is InChI=1S/C10H11N5O2/c1-7-3-2-4-8(10(7)15(16)17)11-5-9-12-6-13-14-9/h2-4,6,11H,5H2,1H3,(H,12,13,14). The highest BCUT2D eigenvalue weighted by molar-refractivity contribution is 5.64. The van der Waals surface area contributed by atoms with E-state index >= 15 is 0 Å². The van der Waals surface area contributed by atoms with E-state index < -0.39 is 4.92 Å². The second-order valence-electron chi connectivity index (χ2n) is 3.51. The van der Waals surface area contributed by atoms with Gasteiger partial charge in [-0.1, -0.05) is 12.1 Å². The zero-order chi connectivity index (χ0) is 12.3. The summed E-state index contributed by atoms with van der Waals surface area (Å²) in [6, 6.07) is 5.14. The molecule has 1 aromatic carbocycles. The lowest BCUT2D eigenvalue weighted by atomic mass is 10.1. The molecule has 0 aliphatic rings. The van der Waals surface area contributed by atoms with Crippen LogP contribution in [-0.4, -0.2) is 20.1 Å². The molecule has 0 bridgehead atoms. The Labute approximate surface area is 97.0 Å². The summed E-state index contributed by atoms with van der Waals surface area (Å²) in [6.45, 7) is 2.07. The molecule has 1 aromatic heterocycles. The SMILES string of the molecule is Cc1cccc(NCc2ncn[nH]2)c1[N+](=O)[O-]. The van der Waals surface area contributed by atoms with E-state index in [2.05, 4.69) is 20.5 Å². The van der Waals surface area contributed by atoms with Gasteiger partial charge in [0.05, 0.1) is 11.5 Å². The van der Waals surface area contributed by atoms with Crippen LogP contribution >= 0.6 is 0 Å². The number of aryl methyl sites for hydroxylation is 1. The molecular weight excluding hydrogens is 222 g/mol. The van der Waals surface area contributed by atoms with E-state index in [0.717, 1.165) is 0 Å². The molecule has 0 radical (unpaired) electrons. The van der Waals surface area contributed by atoms with Gasteiger partial charge in [0, 0.05) is 5.56 Å². The number of anilines is 1. The van der Waals surface area contributed by atoms with Gasteiger partial charge in [0.1, 0.15) is 17.8 Å². The molecule has 2 rings (SSSR count). The van der Waals surface area contributed by atoms with Gasteiger partial charge in [0.25, 0.3) is 5.69 Å². The third kappa shape index (κ3) is 2.39. The van der Waals surface area contributed by atoms with Crippen molar-refractivity contribution in [3.05, 3.63) is 46.0 Å². The van der Waals surface area contributed by atoms with Crippen molar-refractivity contribution >= 4 is 11.4 Å². The first kappa shape index (κ1) is 11.1. The summed E-state index contributed by atoms with van der Waals surface area (Å²) in [6.07, 6.45) is 1.39. The lowest BCUT2D eigenvalue weighted by molar-refractivity contribution is -0.384. The maximum Gasteiger partial charge on any atom is 0.295 e. The van der Waals surface area contributed by atoms with E-state index in [1.54, 1.807) is 25.1 Å². The van der Waals surface area contributed by atoms with Gasteiger partial charge in [-0.15, -0.1) is 0 Å². The number of nitrogens with one attached hydrogen (secondary N) is 2. The van der Waals surface area contributed by atoms with Crippen molar-refractivity contribution in [3.63, 3.8) is 0 Å². The van der Waals surface area contributed by atoms with Crippen LogP contribution in [0.25, 0.3) is 0 Å². The van der Waals surface area contributed by atoms with E-state index in [1.165, 1.54) is 6.33 Å². The molecule has 0 unspecified atom stereocenters. The van der Waals surface area contributed by atoms with Crippen molar-refractivity contribution in [2.45, 2.75) is 13.5 Å². The quantitative estimate of drug-likeness (QED) is 0.618. The molecule has 7 nitrogen and oxygen atoms in total. The van der Waals surface area contributed by atoms with Gasteiger partial charge >= 0.3 is 0 Å². The van der Waals surface area contributed by atoms with Crippen LogP contribution in [0.4, 0.5) is 11.4 Å². The fourth-order valence-electron chi connectivity index (χ4n) is 1.54. The van der Waals surface area contributed by atoms with Crippen molar-refractivity contribution in [2.24, 2.45) is 0 Å². The summed E-state index contributed by atoms with van der Waals surface area (Å²) in [7, 11) is 0. The van der Waals surface area contributed by atoms with Gasteiger partial charge in [-0.3, -0.25) is 15.2 Å². The Hall–Kier alpha value is -2.44. The minimum Gasteiger partial charge on any atom is -0.372 e. The van der Waals surface area contributed by atoms with Gasteiger partial charge in [0.2, 0.25) is 0 Å². The van der Waals surface area contributed by atoms with Crippen molar-refractivity contribution in [1.82, 2.24) is 15.2 Å². The Balaban J connectivity index is 2.21. The predicted octanol–water partition coefficient (Wildman–Crippen LogP) is 1.63. The lowest BCUT2D eigenvalue weighted by Crippen LogP contribution is -2.05. The van der Waals surface area contributed by atoms with Crippen LogP contribution < -0.4 is 5.32 Å². The molecule has 0 aliphatic heterocycles. The minimum absolute atomic E-state index is 0.0898. The fourth-order valence-corrected chi connectivity index (χ4v) is 1.54. The fraction of sp³-hybridized carbons (Fsp3) is 0.200. The molecule has 17 heavy (non-hydrogen) atoms. The average molecular weight is 233 g/mol. The summed E-state index contributed by atoms with van der Waals surface area (Å²) < 4.78 is 0. The zero-order valence-corrected chi connectivity index (χ0v) is 9.17. The third-order valence-corrected chi connectivity index (χ3v) is 2.33. The Kier molecular flexibility index (Phi) is 2.99. The molecule has 0 aliphatic carbocycles. The number of nitro groups is 1. The van der Waals surface area contributed by atoms with Crippen LogP contribution in [0, 0.1) is 17.0 Å². The number of nitrogens with zero attached hydrogens (tertiary/aromatic N) is 3. The topological polar surface area (TPSA) is 96.7 Å². The monoisotopic (exact) mass is 233 g/mol. The van der Waals surface area contributed by atoms with Gasteiger partial charge in [-0.25, -0.2) is 4.98 Å². The van der Waals surface area contributed by atoms with Gasteiger partial charge in [-0.05, 0) is 13.0 Å². The molecule has 0 amide bonds. The summed E-state index contributed by atoms with van der Waals surface area (Å²) in [5.74, 6) is 0.626. The summed E-state index contributed by atoms with van der Waals surface area (Å²) in [5, 5.41) is 20.3. The van der Waals surface area contributed by atoms with Crippen molar-refractivity contribution in [3.8, 4) is 0 Å². The van der Waals surface area contributed by atoms with Crippen LogP contribution in [0.5, 0.6) is 0 Å². The first-order chi connectivity index (χ1) is 8.18. The number of aromatic amines is 1. The molecule has 2 aromatic rings. The summed E-state index contributed by atoms with van der Waals surface area (Å²) in [5.41, 5.74) is 1.19. The van der Waals surface area contributed by atoms with E-state index in [4.69, 9.17) is 0 Å². The number of nitro benzene ring substituents is 1. The molecule has 0 atom stereocenters. The second kappa shape index (κ2) is 4.60. The molecule has 1 heterocycles. The number of benzene rings is 1.